The molecule has 2 aromatic rings. The number of nitriles is 1. The minimum Gasteiger partial charge on any atom is -0.367 e. The zero-order chi connectivity index (χ0) is 17.2. The molecule has 7 heteroatoms. The van der Waals surface area contributed by atoms with Crippen LogP contribution in [0.25, 0.3) is 0 Å². The summed E-state index contributed by atoms with van der Waals surface area (Å²) in [5, 5.41) is 9.19. The molecule has 0 N–H and O–H groups in total. The Morgan fingerprint density at radius 3 is 2.38 bits per heavy atom. The molecule has 1 aliphatic rings. The molecule has 0 spiro atoms. The molecule has 0 radical (unpaired) electrons. The highest BCUT2D eigenvalue weighted by Crippen LogP contribution is 2.23. The zero-order valence-corrected chi connectivity index (χ0v) is 14.2. The average molecular weight is 342 g/mol. The maximum atomic E-state index is 12.7. The van der Waals surface area contributed by atoms with Crippen LogP contribution in [-0.2, 0) is 10.0 Å². The number of rotatable bonds is 3. The van der Waals surface area contributed by atoms with E-state index in [9.17, 15) is 13.7 Å². The fourth-order valence-corrected chi connectivity index (χ4v) is 4.18. The fourth-order valence-electron chi connectivity index (χ4n) is 2.76. The monoisotopic (exact) mass is 342 g/mol. The molecule has 6 nitrogen and oxygen atoms in total. The van der Waals surface area contributed by atoms with Gasteiger partial charge in [0.15, 0.2) is 0 Å². The summed E-state index contributed by atoms with van der Waals surface area (Å²) in [5.74, 6) is 0. The van der Waals surface area contributed by atoms with Gasteiger partial charge in [-0.05, 0) is 25.1 Å². The molecule has 3 rings (SSSR count). The van der Waals surface area contributed by atoms with Gasteiger partial charge in [-0.15, -0.1) is 0 Å². The van der Waals surface area contributed by atoms with Crippen LogP contribution < -0.4 is 4.90 Å². The molecule has 0 saturated carbocycles. The molecular formula is C17H18N4O2S. The van der Waals surface area contributed by atoms with Crippen molar-refractivity contribution in [2.45, 2.75) is 11.8 Å². The number of pyridine rings is 1. The minimum atomic E-state index is -3.47. The Hall–Kier alpha value is -2.43. The third-order valence-electron chi connectivity index (χ3n) is 4.16. The molecule has 0 unspecified atom stereocenters. The van der Waals surface area contributed by atoms with E-state index in [0.717, 1.165) is 11.3 Å². The topological polar surface area (TPSA) is 77.3 Å². The Kier molecular flexibility index (Phi) is 4.51. The lowest BCUT2D eigenvalue weighted by molar-refractivity contribution is 0.384. The van der Waals surface area contributed by atoms with E-state index in [2.05, 4.69) is 11.1 Å². The maximum Gasteiger partial charge on any atom is 0.243 e. The maximum absolute atomic E-state index is 12.7. The number of anilines is 1. The van der Waals surface area contributed by atoms with Crippen molar-refractivity contribution in [2.75, 3.05) is 31.1 Å². The molecule has 2 heterocycles. The van der Waals surface area contributed by atoms with Gasteiger partial charge < -0.3 is 4.90 Å². The molecule has 1 aromatic heterocycles. The Morgan fingerprint density at radius 2 is 1.75 bits per heavy atom. The summed E-state index contributed by atoms with van der Waals surface area (Å²) >= 11 is 0. The second kappa shape index (κ2) is 6.59. The number of sulfonamides is 1. The molecule has 1 aromatic carbocycles. The number of aromatic nitrogens is 1. The number of nitrogens with zero attached hydrogens (tertiary/aromatic N) is 4. The number of hydrogen-bond donors (Lipinski definition) is 0. The van der Waals surface area contributed by atoms with Crippen molar-refractivity contribution >= 4 is 15.7 Å². The summed E-state index contributed by atoms with van der Waals surface area (Å²) in [6.07, 6.45) is 3.24. The van der Waals surface area contributed by atoms with Gasteiger partial charge in [0.1, 0.15) is 6.07 Å². The van der Waals surface area contributed by atoms with Crippen LogP contribution >= 0.6 is 0 Å². The molecule has 0 atom stereocenters. The van der Waals surface area contributed by atoms with Crippen LogP contribution in [-0.4, -0.2) is 43.9 Å². The molecule has 24 heavy (non-hydrogen) atoms. The van der Waals surface area contributed by atoms with Gasteiger partial charge in [-0.2, -0.15) is 9.57 Å². The first-order valence-corrected chi connectivity index (χ1v) is 9.12. The van der Waals surface area contributed by atoms with Crippen LogP contribution in [0, 0.1) is 18.3 Å². The molecule has 1 saturated heterocycles. The van der Waals surface area contributed by atoms with Crippen molar-refractivity contribution in [2.24, 2.45) is 0 Å². The smallest absolute Gasteiger partial charge is 0.243 e. The largest absolute Gasteiger partial charge is 0.367 e. The third kappa shape index (κ3) is 3.11. The van der Waals surface area contributed by atoms with Gasteiger partial charge in [-0.1, -0.05) is 17.7 Å². The van der Waals surface area contributed by atoms with E-state index >= 15 is 0 Å². The summed E-state index contributed by atoms with van der Waals surface area (Å²) in [4.78, 5) is 6.39. The Labute approximate surface area is 142 Å². The van der Waals surface area contributed by atoms with Gasteiger partial charge >= 0.3 is 0 Å². The van der Waals surface area contributed by atoms with Crippen LogP contribution in [0.2, 0.25) is 0 Å². The van der Waals surface area contributed by atoms with Crippen LogP contribution in [0.4, 0.5) is 5.69 Å². The molecule has 1 aliphatic heterocycles. The predicted molar refractivity (Wildman–Crippen MR) is 91.1 cm³/mol. The number of aryl methyl sites for hydroxylation is 1. The Morgan fingerprint density at radius 1 is 1.08 bits per heavy atom. The van der Waals surface area contributed by atoms with E-state index in [4.69, 9.17) is 0 Å². The van der Waals surface area contributed by atoms with E-state index in [0.29, 0.717) is 36.6 Å². The summed E-state index contributed by atoms with van der Waals surface area (Å²) in [5.41, 5.74) is 2.34. The normalized spacial score (nSPS) is 15.9. The molecular weight excluding hydrogens is 324 g/mol. The van der Waals surface area contributed by atoms with Crippen molar-refractivity contribution < 1.29 is 8.42 Å². The van der Waals surface area contributed by atoms with E-state index in [1.54, 1.807) is 42.7 Å². The Bertz CT molecular complexity index is 864. The van der Waals surface area contributed by atoms with Crippen molar-refractivity contribution in [1.29, 1.82) is 5.26 Å². The molecule has 0 aliphatic carbocycles. The summed E-state index contributed by atoms with van der Waals surface area (Å²) < 4.78 is 26.9. The SMILES string of the molecule is Cc1ccc(S(=O)(=O)N2CCN(c3cnccc3C#N)CC2)cc1. The number of benzene rings is 1. The van der Waals surface area contributed by atoms with Gasteiger partial charge in [0.25, 0.3) is 0 Å². The zero-order valence-electron chi connectivity index (χ0n) is 13.4. The highest BCUT2D eigenvalue weighted by molar-refractivity contribution is 7.89. The van der Waals surface area contributed by atoms with Crippen LogP contribution in [0.3, 0.4) is 0 Å². The minimum absolute atomic E-state index is 0.320. The van der Waals surface area contributed by atoms with Crippen LogP contribution in [0.1, 0.15) is 11.1 Å². The van der Waals surface area contributed by atoms with E-state index < -0.39 is 10.0 Å². The first kappa shape index (κ1) is 16.4. The molecule has 0 bridgehead atoms. The van der Waals surface area contributed by atoms with Crippen LogP contribution in [0.5, 0.6) is 0 Å². The molecule has 124 valence electrons. The second-order valence-electron chi connectivity index (χ2n) is 5.71. The van der Waals surface area contributed by atoms with Crippen molar-refractivity contribution in [1.82, 2.24) is 9.29 Å². The summed E-state index contributed by atoms with van der Waals surface area (Å²) in [6, 6.07) is 10.7. The van der Waals surface area contributed by atoms with Crippen molar-refractivity contribution in [3.05, 3.63) is 53.9 Å². The predicted octanol–water partition coefficient (Wildman–Crippen LogP) is 1.77. The summed E-state index contributed by atoms with van der Waals surface area (Å²) in [7, 11) is -3.47. The van der Waals surface area contributed by atoms with E-state index in [-0.39, 0.29) is 0 Å². The first-order valence-electron chi connectivity index (χ1n) is 7.68. The lowest BCUT2D eigenvalue weighted by Crippen LogP contribution is -2.48. The van der Waals surface area contributed by atoms with Gasteiger partial charge in [-0.3, -0.25) is 4.98 Å². The van der Waals surface area contributed by atoms with Gasteiger partial charge in [0.2, 0.25) is 10.0 Å². The van der Waals surface area contributed by atoms with Crippen LogP contribution in [0.15, 0.2) is 47.6 Å². The standard InChI is InChI=1S/C17H18N4O2S/c1-14-2-4-16(5-3-14)24(22,23)21-10-8-20(9-11-21)17-13-19-7-6-15(17)12-18/h2-7,13H,8-11H2,1H3. The average Bonchev–Trinajstić information content (AvgIpc) is 2.62. The van der Waals surface area contributed by atoms with Gasteiger partial charge in [-0.25, -0.2) is 8.42 Å². The second-order valence-corrected chi connectivity index (χ2v) is 7.65. The van der Waals surface area contributed by atoms with Gasteiger partial charge in [0, 0.05) is 32.4 Å². The molecule has 1 fully saturated rings. The Balaban J connectivity index is 1.75. The summed E-state index contributed by atoms with van der Waals surface area (Å²) in [6.45, 7) is 3.76. The lowest BCUT2D eigenvalue weighted by Gasteiger charge is -2.35. The van der Waals surface area contributed by atoms with Gasteiger partial charge in [0.05, 0.1) is 22.3 Å². The third-order valence-corrected chi connectivity index (χ3v) is 6.07. The van der Waals surface area contributed by atoms with E-state index in [1.165, 1.54) is 4.31 Å². The highest BCUT2D eigenvalue weighted by Gasteiger charge is 2.29. The van der Waals surface area contributed by atoms with Crippen molar-refractivity contribution in [3.63, 3.8) is 0 Å². The first-order chi connectivity index (χ1) is 11.5. The quantitative estimate of drug-likeness (QED) is 0.849. The molecule has 0 amide bonds. The van der Waals surface area contributed by atoms with E-state index in [1.807, 2.05) is 11.8 Å². The highest BCUT2D eigenvalue weighted by atomic mass is 32.2. The van der Waals surface area contributed by atoms with Crippen molar-refractivity contribution in [3.8, 4) is 6.07 Å². The lowest BCUT2D eigenvalue weighted by atomic mass is 10.2. The fraction of sp³-hybridized carbons (Fsp3) is 0.294. The number of hydrogen-bond acceptors (Lipinski definition) is 5. The number of piperazine rings is 1.